The maximum absolute atomic E-state index is 4.89. The van der Waals surface area contributed by atoms with E-state index >= 15 is 0 Å². The first kappa shape index (κ1) is 15.3. The lowest BCUT2D eigenvalue weighted by atomic mass is 10.2. The second-order valence-corrected chi connectivity index (χ2v) is 6.92. The third-order valence-electron chi connectivity index (χ3n) is 4.95. The van der Waals surface area contributed by atoms with Gasteiger partial charge in [-0.15, -0.1) is 0 Å². The van der Waals surface area contributed by atoms with Crippen LogP contribution >= 0.6 is 0 Å². The van der Waals surface area contributed by atoms with Gasteiger partial charge in [-0.2, -0.15) is 0 Å². The molecule has 6 nitrogen and oxygen atoms in total. The van der Waals surface area contributed by atoms with Crippen LogP contribution in [0.25, 0.3) is 0 Å². The summed E-state index contributed by atoms with van der Waals surface area (Å²) in [4.78, 5) is 23.1. The molecule has 0 atom stereocenters. The van der Waals surface area contributed by atoms with Crippen molar-refractivity contribution in [2.75, 3.05) is 36.0 Å². The highest BCUT2D eigenvalue weighted by Gasteiger charge is 2.29. The summed E-state index contributed by atoms with van der Waals surface area (Å²) in [6.45, 7) is 9.98. The monoisotopic (exact) mass is 324 g/mol. The molecule has 24 heavy (non-hydrogen) atoms. The Morgan fingerprint density at radius 2 is 1.50 bits per heavy atom. The van der Waals surface area contributed by atoms with Crippen LogP contribution in [0.2, 0.25) is 0 Å². The van der Waals surface area contributed by atoms with E-state index in [1.807, 2.05) is 19.3 Å². The Kier molecular flexibility index (Phi) is 3.82. The van der Waals surface area contributed by atoms with Gasteiger partial charge < -0.3 is 9.80 Å². The van der Waals surface area contributed by atoms with Crippen molar-refractivity contribution in [2.24, 2.45) is 0 Å². The summed E-state index contributed by atoms with van der Waals surface area (Å²) in [5.41, 5.74) is 3.42. The van der Waals surface area contributed by atoms with Crippen LogP contribution in [0.4, 0.5) is 11.8 Å². The van der Waals surface area contributed by atoms with Crippen LogP contribution < -0.4 is 9.80 Å². The fourth-order valence-electron chi connectivity index (χ4n) is 3.13. The van der Waals surface area contributed by atoms with Crippen molar-refractivity contribution >= 4 is 11.8 Å². The molecule has 0 spiro atoms. The fourth-order valence-corrected chi connectivity index (χ4v) is 3.13. The Bertz CT molecular complexity index is 730. The molecule has 4 rings (SSSR count). The lowest BCUT2D eigenvalue weighted by molar-refractivity contribution is 0.629. The molecule has 1 aliphatic carbocycles. The molecule has 0 unspecified atom stereocenters. The number of rotatable bonds is 3. The van der Waals surface area contributed by atoms with Gasteiger partial charge in [0.25, 0.3) is 0 Å². The molecule has 126 valence electrons. The summed E-state index contributed by atoms with van der Waals surface area (Å²) in [7, 11) is 0. The average Bonchev–Trinajstić information content (AvgIpc) is 3.43. The second kappa shape index (κ2) is 6.00. The minimum Gasteiger partial charge on any atom is -0.353 e. The molecule has 0 aromatic carbocycles. The summed E-state index contributed by atoms with van der Waals surface area (Å²) >= 11 is 0. The Labute approximate surface area is 143 Å². The molecule has 2 fully saturated rings. The van der Waals surface area contributed by atoms with Crippen molar-refractivity contribution < 1.29 is 0 Å². The molecule has 6 heteroatoms. The lowest BCUT2D eigenvalue weighted by Gasteiger charge is -2.36. The van der Waals surface area contributed by atoms with E-state index in [2.05, 4.69) is 33.6 Å². The normalized spacial score (nSPS) is 18.1. The first-order valence-corrected chi connectivity index (χ1v) is 8.75. The van der Waals surface area contributed by atoms with E-state index in [-0.39, 0.29) is 0 Å². The van der Waals surface area contributed by atoms with E-state index < -0.39 is 0 Å². The zero-order valence-electron chi connectivity index (χ0n) is 14.7. The van der Waals surface area contributed by atoms with Gasteiger partial charge in [-0.25, -0.2) is 19.9 Å². The maximum Gasteiger partial charge on any atom is 0.225 e. The van der Waals surface area contributed by atoms with Gasteiger partial charge in [-0.3, -0.25) is 0 Å². The predicted octanol–water partition coefficient (Wildman–Crippen LogP) is 2.40. The van der Waals surface area contributed by atoms with E-state index in [1.54, 1.807) is 0 Å². The predicted molar refractivity (Wildman–Crippen MR) is 94.7 cm³/mol. The van der Waals surface area contributed by atoms with Crippen LogP contribution in [-0.2, 0) is 0 Å². The molecule has 2 aliphatic rings. The Morgan fingerprint density at radius 3 is 2.12 bits per heavy atom. The minimum absolute atomic E-state index is 0.588. The molecule has 0 amide bonds. The number of piperazine rings is 1. The zero-order chi connectivity index (χ0) is 16.7. The Morgan fingerprint density at radius 1 is 0.875 bits per heavy atom. The highest BCUT2D eigenvalue weighted by molar-refractivity contribution is 5.50. The summed E-state index contributed by atoms with van der Waals surface area (Å²) in [5, 5.41) is 0. The standard InChI is InChI=1S/C18H24N6/c1-12-10-19-18(20-11-12)24-8-6-23(7-9-24)17-13(2)14(3)21-16(22-17)15-4-5-15/h10-11,15H,4-9H2,1-3H3. The molecule has 1 saturated heterocycles. The largest absolute Gasteiger partial charge is 0.353 e. The molecule has 0 N–H and O–H groups in total. The number of aryl methyl sites for hydroxylation is 2. The Balaban J connectivity index is 1.50. The molecule has 0 bridgehead atoms. The van der Waals surface area contributed by atoms with Crippen LogP contribution in [0.1, 0.15) is 41.4 Å². The molecular formula is C18H24N6. The quantitative estimate of drug-likeness (QED) is 0.864. The summed E-state index contributed by atoms with van der Waals surface area (Å²) < 4.78 is 0. The van der Waals surface area contributed by atoms with Gasteiger partial charge >= 0.3 is 0 Å². The van der Waals surface area contributed by atoms with Crippen LogP contribution in [0.5, 0.6) is 0 Å². The maximum atomic E-state index is 4.89. The number of nitrogens with zero attached hydrogens (tertiary/aromatic N) is 6. The highest BCUT2D eigenvalue weighted by atomic mass is 15.3. The van der Waals surface area contributed by atoms with Gasteiger partial charge in [0.15, 0.2) is 0 Å². The molecule has 2 aromatic heterocycles. The summed E-state index contributed by atoms with van der Waals surface area (Å²) in [6, 6.07) is 0. The molecule has 0 radical (unpaired) electrons. The number of hydrogen-bond donors (Lipinski definition) is 0. The van der Waals surface area contributed by atoms with Crippen LogP contribution in [0.15, 0.2) is 12.4 Å². The van der Waals surface area contributed by atoms with E-state index in [0.29, 0.717) is 5.92 Å². The van der Waals surface area contributed by atoms with Crippen molar-refractivity contribution in [1.29, 1.82) is 0 Å². The fraction of sp³-hybridized carbons (Fsp3) is 0.556. The van der Waals surface area contributed by atoms with E-state index in [9.17, 15) is 0 Å². The van der Waals surface area contributed by atoms with Crippen molar-refractivity contribution in [2.45, 2.75) is 39.5 Å². The molecule has 3 heterocycles. The average molecular weight is 324 g/mol. The minimum atomic E-state index is 0.588. The van der Waals surface area contributed by atoms with Crippen molar-refractivity contribution in [3.8, 4) is 0 Å². The lowest BCUT2D eigenvalue weighted by Crippen LogP contribution is -2.47. The van der Waals surface area contributed by atoms with Crippen LogP contribution in [-0.4, -0.2) is 46.1 Å². The number of aromatic nitrogens is 4. The Hall–Kier alpha value is -2.24. The van der Waals surface area contributed by atoms with Crippen molar-refractivity contribution in [3.63, 3.8) is 0 Å². The first-order valence-electron chi connectivity index (χ1n) is 8.75. The number of hydrogen-bond acceptors (Lipinski definition) is 6. The van der Waals surface area contributed by atoms with E-state index in [4.69, 9.17) is 9.97 Å². The first-order chi connectivity index (χ1) is 11.6. The third-order valence-corrected chi connectivity index (χ3v) is 4.95. The topological polar surface area (TPSA) is 58.0 Å². The van der Waals surface area contributed by atoms with Crippen molar-refractivity contribution in [1.82, 2.24) is 19.9 Å². The number of anilines is 2. The van der Waals surface area contributed by atoms with Crippen LogP contribution in [0, 0.1) is 20.8 Å². The van der Waals surface area contributed by atoms with Gasteiger partial charge in [0, 0.05) is 55.7 Å². The van der Waals surface area contributed by atoms with Gasteiger partial charge in [-0.05, 0) is 39.2 Å². The summed E-state index contributed by atoms with van der Waals surface area (Å²) in [5.74, 6) is 3.58. The smallest absolute Gasteiger partial charge is 0.225 e. The van der Waals surface area contributed by atoms with E-state index in [1.165, 1.54) is 18.4 Å². The second-order valence-electron chi connectivity index (χ2n) is 6.92. The molecular weight excluding hydrogens is 300 g/mol. The zero-order valence-corrected chi connectivity index (χ0v) is 14.7. The van der Waals surface area contributed by atoms with Crippen molar-refractivity contribution in [3.05, 3.63) is 35.0 Å². The molecule has 1 saturated carbocycles. The van der Waals surface area contributed by atoms with Crippen LogP contribution in [0.3, 0.4) is 0 Å². The third kappa shape index (κ3) is 2.92. The van der Waals surface area contributed by atoms with Gasteiger partial charge in [-0.1, -0.05) is 0 Å². The van der Waals surface area contributed by atoms with E-state index in [0.717, 1.165) is 55.0 Å². The molecule has 1 aliphatic heterocycles. The highest BCUT2D eigenvalue weighted by Crippen LogP contribution is 2.39. The van der Waals surface area contributed by atoms with Gasteiger partial charge in [0.2, 0.25) is 5.95 Å². The van der Waals surface area contributed by atoms with Gasteiger partial charge in [0.05, 0.1) is 0 Å². The molecule has 2 aromatic rings. The van der Waals surface area contributed by atoms with Gasteiger partial charge in [0.1, 0.15) is 11.6 Å². The summed E-state index contributed by atoms with van der Waals surface area (Å²) in [6.07, 6.45) is 6.24. The SMILES string of the molecule is Cc1cnc(N2CCN(c3nc(C4CC4)nc(C)c3C)CC2)nc1.